The second-order valence-corrected chi connectivity index (χ2v) is 5.66. The Kier molecular flexibility index (Phi) is 3.41. The van der Waals surface area contributed by atoms with Gasteiger partial charge in [0.05, 0.1) is 0 Å². The summed E-state index contributed by atoms with van der Waals surface area (Å²) in [6.45, 7) is 4.50. The maximum atomic E-state index is 3.59. The summed E-state index contributed by atoms with van der Waals surface area (Å²) in [6.07, 6.45) is 1.32. The van der Waals surface area contributed by atoms with Gasteiger partial charge in [0.2, 0.25) is 0 Å². The van der Waals surface area contributed by atoms with Crippen LogP contribution in [-0.4, -0.2) is 19.6 Å². The van der Waals surface area contributed by atoms with Crippen LogP contribution in [0.5, 0.6) is 0 Å². The molecule has 1 aromatic heterocycles. The van der Waals surface area contributed by atoms with Crippen molar-refractivity contribution in [1.82, 2.24) is 10.6 Å². The molecule has 2 nitrogen and oxygen atoms in total. The van der Waals surface area contributed by atoms with E-state index in [0.717, 1.165) is 19.0 Å². The van der Waals surface area contributed by atoms with Gasteiger partial charge in [-0.15, -0.1) is 11.3 Å². The van der Waals surface area contributed by atoms with Crippen molar-refractivity contribution in [3.05, 3.63) is 35.2 Å². The van der Waals surface area contributed by atoms with Crippen LogP contribution in [0.1, 0.15) is 12.0 Å². The topological polar surface area (TPSA) is 24.1 Å². The Hall–Kier alpha value is -0.900. The Morgan fingerprint density at radius 1 is 1.35 bits per heavy atom. The van der Waals surface area contributed by atoms with Crippen LogP contribution in [0.25, 0.3) is 10.1 Å². The maximum Gasteiger partial charge on any atom is 0.0346 e. The predicted molar refractivity (Wildman–Crippen MR) is 74.5 cm³/mol. The van der Waals surface area contributed by atoms with Gasteiger partial charge in [-0.1, -0.05) is 18.2 Å². The molecule has 2 aromatic rings. The molecule has 3 heteroatoms. The summed E-state index contributed by atoms with van der Waals surface area (Å²) < 4.78 is 1.40. The van der Waals surface area contributed by atoms with E-state index in [0.29, 0.717) is 0 Å². The lowest BCUT2D eigenvalue weighted by Gasteiger charge is -2.09. The predicted octanol–water partition coefficient (Wildman–Crippen LogP) is 2.60. The van der Waals surface area contributed by atoms with Gasteiger partial charge in [0.15, 0.2) is 0 Å². The van der Waals surface area contributed by atoms with Crippen molar-refractivity contribution in [1.29, 1.82) is 0 Å². The smallest absolute Gasteiger partial charge is 0.0346 e. The molecule has 1 saturated heterocycles. The van der Waals surface area contributed by atoms with Crippen molar-refractivity contribution in [2.24, 2.45) is 5.92 Å². The lowest BCUT2D eigenvalue weighted by atomic mass is 10.1. The van der Waals surface area contributed by atoms with Gasteiger partial charge in [-0.25, -0.2) is 0 Å². The molecule has 1 aliphatic heterocycles. The molecule has 0 bridgehead atoms. The third-order valence-corrected chi connectivity index (χ3v) is 4.48. The van der Waals surface area contributed by atoms with Gasteiger partial charge in [0.1, 0.15) is 0 Å². The molecule has 0 amide bonds. The highest BCUT2D eigenvalue weighted by Crippen LogP contribution is 2.25. The molecule has 17 heavy (non-hydrogen) atoms. The minimum absolute atomic E-state index is 0.819. The van der Waals surface area contributed by atoms with Crippen LogP contribution < -0.4 is 10.6 Å². The van der Waals surface area contributed by atoms with Crippen molar-refractivity contribution < 1.29 is 0 Å². The zero-order chi connectivity index (χ0) is 11.5. The number of hydrogen-bond donors (Lipinski definition) is 2. The molecule has 3 rings (SSSR count). The minimum atomic E-state index is 0.819. The number of benzene rings is 1. The maximum absolute atomic E-state index is 3.59. The Morgan fingerprint density at radius 3 is 3.18 bits per heavy atom. The van der Waals surface area contributed by atoms with Crippen LogP contribution in [0.2, 0.25) is 0 Å². The molecule has 2 heterocycles. The zero-order valence-corrected chi connectivity index (χ0v) is 10.7. The van der Waals surface area contributed by atoms with E-state index in [9.17, 15) is 0 Å². The summed E-state index contributed by atoms with van der Waals surface area (Å²) >= 11 is 1.84. The van der Waals surface area contributed by atoms with Crippen LogP contribution in [0.15, 0.2) is 29.6 Å². The van der Waals surface area contributed by atoms with E-state index in [2.05, 4.69) is 40.3 Å². The summed E-state index contributed by atoms with van der Waals surface area (Å²) in [4.78, 5) is 0. The molecular weight excluding hydrogens is 228 g/mol. The van der Waals surface area contributed by atoms with Gasteiger partial charge in [0.25, 0.3) is 0 Å². The van der Waals surface area contributed by atoms with Crippen LogP contribution in [-0.2, 0) is 6.54 Å². The van der Waals surface area contributed by atoms with Crippen molar-refractivity contribution in [3.8, 4) is 0 Å². The molecule has 0 radical (unpaired) electrons. The largest absolute Gasteiger partial charge is 0.316 e. The van der Waals surface area contributed by atoms with Crippen LogP contribution in [0, 0.1) is 5.92 Å². The molecule has 1 atom stereocenters. The van der Waals surface area contributed by atoms with E-state index in [1.54, 1.807) is 0 Å². The number of hydrogen-bond acceptors (Lipinski definition) is 3. The van der Waals surface area contributed by atoms with Gasteiger partial charge in [-0.05, 0) is 54.4 Å². The first-order valence-electron chi connectivity index (χ1n) is 6.30. The highest BCUT2D eigenvalue weighted by atomic mass is 32.1. The van der Waals surface area contributed by atoms with Gasteiger partial charge in [0, 0.05) is 11.2 Å². The van der Waals surface area contributed by atoms with Crippen LogP contribution >= 0.6 is 11.3 Å². The Labute approximate surface area is 106 Å². The molecule has 0 saturated carbocycles. The van der Waals surface area contributed by atoms with Gasteiger partial charge in [-0.2, -0.15) is 0 Å². The Balaban J connectivity index is 1.60. The second kappa shape index (κ2) is 5.17. The van der Waals surface area contributed by atoms with Crippen LogP contribution in [0.3, 0.4) is 0 Å². The molecule has 0 spiro atoms. The van der Waals surface area contributed by atoms with E-state index >= 15 is 0 Å². The highest BCUT2D eigenvalue weighted by Gasteiger charge is 2.13. The molecule has 1 aliphatic rings. The van der Waals surface area contributed by atoms with E-state index in [-0.39, 0.29) is 0 Å². The number of nitrogens with one attached hydrogen (secondary N) is 2. The third kappa shape index (κ3) is 2.51. The molecule has 90 valence electrons. The first-order valence-corrected chi connectivity index (χ1v) is 7.18. The highest BCUT2D eigenvalue weighted by molar-refractivity contribution is 7.17. The normalized spacial score (nSPS) is 20.1. The molecule has 1 fully saturated rings. The summed E-state index contributed by atoms with van der Waals surface area (Å²) in [6, 6.07) is 8.66. The van der Waals surface area contributed by atoms with Crippen LogP contribution in [0.4, 0.5) is 0 Å². The number of fused-ring (bicyclic) bond motifs is 1. The Bertz CT molecular complexity index is 486. The molecular formula is C14H18N2S. The summed E-state index contributed by atoms with van der Waals surface area (Å²) in [7, 11) is 0. The number of thiophene rings is 1. The lowest BCUT2D eigenvalue weighted by molar-refractivity contribution is 0.513. The average molecular weight is 246 g/mol. The third-order valence-electron chi connectivity index (χ3n) is 3.47. The van der Waals surface area contributed by atoms with E-state index < -0.39 is 0 Å². The van der Waals surface area contributed by atoms with E-state index in [1.165, 1.54) is 35.2 Å². The minimum Gasteiger partial charge on any atom is -0.316 e. The Morgan fingerprint density at radius 2 is 2.29 bits per heavy atom. The van der Waals surface area contributed by atoms with Gasteiger partial charge >= 0.3 is 0 Å². The fourth-order valence-corrected chi connectivity index (χ4v) is 3.43. The lowest BCUT2D eigenvalue weighted by Crippen LogP contribution is -2.23. The zero-order valence-electron chi connectivity index (χ0n) is 9.91. The molecule has 1 unspecified atom stereocenters. The van der Waals surface area contributed by atoms with Crippen molar-refractivity contribution in [2.45, 2.75) is 13.0 Å². The van der Waals surface area contributed by atoms with Gasteiger partial charge < -0.3 is 10.6 Å². The average Bonchev–Trinajstić information content (AvgIpc) is 2.99. The fraction of sp³-hybridized carbons (Fsp3) is 0.429. The molecule has 2 N–H and O–H groups in total. The molecule has 0 aliphatic carbocycles. The summed E-state index contributed by atoms with van der Waals surface area (Å²) in [5, 5.41) is 10.7. The fourth-order valence-electron chi connectivity index (χ4n) is 2.47. The summed E-state index contributed by atoms with van der Waals surface area (Å²) in [5.74, 6) is 0.819. The standard InChI is InChI=1S/C14H18N2S/c1-2-4-14-13(3-1)12(10-17-14)9-16-8-11-5-6-15-7-11/h1-4,10-11,15-16H,5-9H2. The SMILES string of the molecule is c1ccc2c(CNCC3CCNC3)csc2c1. The van der Waals surface area contributed by atoms with Crippen molar-refractivity contribution >= 4 is 21.4 Å². The van der Waals surface area contributed by atoms with E-state index in [4.69, 9.17) is 0 Å². The first kappa shape index (κ1) is 11.2. The van der Waals surface area contributed by atoms with E-state index in [1.807, 2.05) is 11.3 Å². The van der Waals surface area contributed by atoms with Gasteiger partial charge in [-0.3, -0.25) is 0 Å². The molecule has 1 aromatic carbocycles. The summed E-state index contributed by atoms with van der Waals surface area (Å²) in [5.41, 5.74) is 1.44. The number of rotatable bonds is 4. The second-order valence-electron chi connectivity index (χ2n) is 4.75. The first-order chi connectivity index (χ1) is 8.43. The quantitative estimate of drug-likeness (QED) is 0.866. The van der Waals surface area contributed by atoms with Crippen molar-refractivity contribution in [2.75, 3.05) is 19.6 Å². The van der Waals surface area contributed by atoms with Crippen molar-refractivity contribution in [3.63, 3.8) is 0 Å². The monoisotopic (exact) mass is 246 g/mol.